The number of carbonyl (C=O) groups excluding carboxylic acids is 4. The van der Waals surface area contributed by atoms with Gasteiger partial charge in [0.1, 0.15) is 18.1 Å². The number of benzene rings is 3. The minimum absolute atomic E-state index is 0.0488. The lowest BCUT2D eigenvalue weighted by Gasteiger charge is -2.16. The second kappa shape index (κ2) is 13.0. The Kier molecular flexibility index (Phi) is 9.55. The Hall–Kier alpha value is -4.70. The van der Waals surface area contributed by atoms with E-state index < -0.39 is 29.7 Å². The Labute approximate surface area is 222 Å². The predicted molar refractivity (Wildman–Crippen MR) is 139 cm³/mol. The highest BCUT2D eigenvalue weighted by Gasteiger charge is 2.23. The lowest BCUT2D eigenvalue weighted by atomic mass is 10.1. The fraction of sp³-hybridized carbons (Fsp3) is 0.148. The van der Waals surface area contributed by atoms with Gasteiger partial charge in [0.15, 0.2) is 0 Å². The molecule has 196 valence electrons. The van der Waals surface area contributed by atoms with Crippen LogP contribution in [-0.4, -0.2) is 54.8 Å². The van der Waals surface area contributed by atoms with Crippen LogP contribution in [0.5, 0.6) is 5.75 Å². The number of amides is 3. The molecular formula is C27H24ClN3O7. The number of aliphatic carboxylic acids is 1. The first kappa shape index (κ1) is 27.9. The van der Waals surface area contributed by atoms with E-state index in [4.69, 9.17) is 16.3 Å². The zero-order valence-electron chi connectivity index (χ0n) is 20.2. The third-order valence-electron chi connectivity index (χ3n) is 5.42. The summed E-state index contributed by atoms with van der Waals surface area (Å²) in [6.07, 6.45) is 0.707. The number of aldehydes is 1. The van der Waals surface area contributed by atoms with Gasteiger partial charge in [0.2, 0.25) is 0 Å². The molecule has 0 heterocycles. The van der Waals surface area contributed by atoms with Crippen molar-refractivity contribution < 1.29 is 33.8 Å². The van der Waals surface area contributed by atoms with Crippen LogP contribution < -0.4 is 20.7 Å². The third kappa shape index (κ3) is 7.40. The van der Waals surface area contributed by atoms with Crippen LogP contribution in [-0.2, 0) is 11.3 Å². The number of carbonyl (C=O) groups is 5. The van der Waals surface area contributed by atoms with Crippen LogP contribution in [0.4, 0.5) is 0 Å². The van der Waals surface area contributed by atoms with Crippen molar-refractivity contribution in [1.82, 2.24) is 16.0 Å². The summed E-state index contributed by atoms with van der Waals surface area (Å²) in [5.41, 5.74) is 1.59. The fourth-order valence-corrected chi connectivity index (χ4v) is 3.66. The van der Waals surface area contributed by atoms with E-state index in [-0.39, 0.29) is 34.8 Å². The molecule has 0 aliphatic carbocycles. The van der Waals surface area contributed by atoms with Gasteiger partial charge in [-0.05, 0) is 48.0 Å². The van der Waals surface area contributed by atoms with Gasteiger partial charge in [0.05, 0.1) is 17.7 Å². The number of halogens is 1. The lowest BCUT2D eigenvalue weighted by Crippen LogP contribution is -2.48. The van der Waals surface area contributed by atoms with Crippen molar-refractivity contribution in [3.8, 4) is 5.75 Å². The molecule has 11 heteroatoms. The molecule has 0 aliphatic heterocycles. The molecule has 3 amide bonds. The average molecular weight is 538 g/mol. The molecule has 4 N–H and O–H groups in total. The van der Waals surface area contributed by atoms with E-state index in [1.54, 1.807) is 36.4 Å². The Morgan fingerprint density at radius 3 is 2.32 bits per heavy atom. The largest absolute Gasteiger partial charge is 0.497 e. The summed E-state index contributed by atoms with van der Waals surface area (Å²) in [6.45, 7) is -0.220. The van der Waals surface area contributed by atoms with E-state index in [0.717, 1.165) is 5.56 Å². The summed E-state index contributed by atoms with van der Waals surface area (Å²) in [7, 11) is 1.45. The third-order valence-corrected chi connectivity index (χ3v) is 5.73. The van der Waals surface area contributed by atoms with Crippen molar-refractivity contribution in [3.05, 3.63) is 99.6 Å². The van der Waals surface area contributed by atoms with Gasteiger partial charge in [-0.2, -0.15) is 0 Å². The zero-order chi connectivity index (χ0) is 27.7. The molecule has 0 spiro atoms. The first-order valence-electron chi connectivity index (χ1n) is 11.3. The first-order chi connectivity index (χ1) is 18.2. The van der Waals surface area contributed by atoms with Gasteiger partial charge in [-0.1, -0.05) is 35.9 Å². The topological polar surface area (TPSA) is 151 Å². The highest BCUT2D eigenvalue weighted by Crippen LogP contribution is 2.19. The quantitative estimate of drug-likeness (QED) is 0.274. The number of nitrogens with one attached hydrogen (secondary N) is 3. The number of methoxy groups -OCH3 is 1. The summed E-state index contributed by atoms with van der Waals surface area (Å²) in [5, 5.41) is 16.9. The van der Waals surface area contributed by atoms with E-state index in [1.807, 2.05) is 0 Å². The predicted octanol–water partition coefficient (Wildman–Crippen LogP) is 2.70. The van der Waals surface area contributed by atoms with E-state index in [1.165, 1.54) is 37.4 Å². The molecule has 0 unspecified atom stereocenters. The number of hydrogen-bond acceptors (Lipinski definition) is 6. The van der Waals surface area contributed by atoms with Crippen LogP contribution in [0.25, 0.3) is 0 Å². The smallest absolute Gasteiger partial charge is 0.328 e. The maximum Gasteiger partial charge on any atom is 0.328 e. The summed E-state index contributed by atoms with van der Waals surface area (Å²) in [6, 6.07) is 15.5. The monoisotopic (exact) mass is 537 g/mol. The van der Waals surface area contributed by atoms with Crippen LogP contribution in [0.2, 0.25) is 5.02 Å². The van der Waals surface area contributed by atoms with Crippen molar-refractivity contribution in [1.29, 1.82) is 0 Å². The van der Waals surface area contributed by atoms with E-state index >= 15 is 0 Å². The highest BCUT2D eigenvalue weighted by molar-refractivity contribution is 6.34. The molecule has 38 heavy (non-hydrogen) atoms. The van der Waals surface area contributed by atoms with Gasteiger partial charge in [-0.25, -0.2) is 4.79 Å². The summed E-state index contributed by atoms with van der Waals surface area (Å²) >= 11 is 6.22. The lowest BCUT2D eigenvalue weighted by molar-refractivity contribution is -0.139. The van der Waals surface area contributed by atoms with Gasteiger partial charge in [0, 0.05) is 29.8 Å². The second-order valence-corrected chi connectivity index (χ2v) is 8.45. The molecule has 0 bridgehead atoms. The van der Waals surface area contributed by atoms with Crippen LogP contribution >= 0.6 is 11.6 Å². The van der Waals surface area contributed by atoms with Gasteiger partial charge < -0.3 is 25.8 Å². The molecule has 0 radical (unpaired) electrons. The summed E-state index contributed by atoms with van der Waals surface area (Å²) < 4.78 is 5.07. The molecule has 0 fully saturated rings. The highest BCUT2D eigenvalue weighted by atomic mass is 35.5. The number of carboxylic acids is 1. The van der Waals surface area contributed by atoms with Gasteiger partial charge in [-0.3, -0.25) is 19.2 Å². The zero-order valence-corrected chi connectivity index (χ0v) is 21.0. The minimum Gasteiger partial charge on any atom is -0.497 e. The normalized spacial score (nSPS) is 11.1. The molecule has 0 aliphatic rings. The number of ether oxygens (including phenoxy) is 1. The first-order valence-corrected chi connectivity index (χ1v) is 11.7. The number of carboxylic acid groups (broad SMARTS) is 1. The summed E-state index contributed by atoms with van der Waals surface area (Å²) in [4.78, 5) is 60.2. The molecular weight excluding hydrogens is 514 g/mol. The van der Waals surface area contributed by atoms with Crippen molar-refractivity contribution in [2.45, 2.75) is 12.6 Å². The second-order valence-electron chi connectivity index (χ2n) is 8.05. The standard InChI is InChI=1S/C27H24ClN3O7/c1-38-20-7-3-6-18(11-20)24(33)30-14-23(27(36)37)31-26(35)21-9-8-19(12-22(21)28)25(34)29-13-16-4-2-5-17(10-16)15-32/h2-12,15,23H,13-14H2,1H3,(H,29,34)(H,30,33)(H,31,35)(H,36,37)/t23-/m0/s1. The molecule has 0 aromatic heterocycles. The molecule has 1 atom stereocenters. The van der Waals surface area contributed by atoms with Gasteiger partial charge in [0.25, 0.3) is 17.7 Å². The van der Waals surface area contributed by atoms with E-state index in [2.05, 4.69) is 16.0 Å². The van der Waals surface area contributed by atoms with Crippen molar-refractivity contribution >= 4 is 41.6 Å². The van der Waals surface area contributed by atoms with Crippen LogP contribution in [0.15, 0.2) is 66.7 Å². The maximum atomic E-state index is 12.7. The van der Waals surface area contributed by atoms with Crippen LogP contribution in [0.1, 0.15) is 47.0 Å². The molecule has 3 aromatic rings. The van der Waals surface area contributed by atoms with Crippen LogP contribution in [0, 0.1) is 0 Å². The van der Waals surface area contributed by atoms with E-state index in [9.17, 15) is 29.1 Å². The Morgan fingerprint density at radius 1 is 0.921 bits per heavy atom. The molecule has 3 aromatic carbocycles. The SMILES string of the molecule is COc1cccc(C(=O)NC[C@H](NC(=O)c2ccc(C(=O)NCc3cccc(C=O)c3)cc2Cl)C(=O)O)c1. The van der Waals surface area contributed by atoms with Crippen LogP contribution in [0.3, 0.4) is 0 Å². The Balaban J connectivity index is 1.61. The number of hydrogen-bond donors (Lipinski definition) is 4. The Morgan fingerprint density at radius 2 is 1.63 bits per heavy atom. The summed E-state index contributed by atoms with van der Waals surface area (Å²) in [5.74, 6) is -2.71. The van der Waals surface area contributed by atoms with Gasteiger partial charge >= 0.3 is 5.97 Å². The minimum atomic E-state index is -1.45. The molecule has 3 rings (SSSR count). The van der Waals surface area contributed by atoms with Crippen molar-refractivity contribution in [2.24, 2.45) is 0 Å². The van der Waals surface area contributed by atoms with Gasteiger partial charge in [-0.15, -0.1) is 0 Å². The van der Waals surface area contributed by atoms with Crippen molar-refractivity contribution in [2.75, 3.05) is 13.7 Å². The average Bonchev–Trinajstić information content (AvgIpc) is 2.93. The Bertz CT molecular complexity index is 1380. The maximum absolute atomic E-state index is 12.7. The molecule has 0 saturated heterocycles. The fourth-order valence-electron chi connectivity index (χ4n) is 3.40. The van der Waals surface area contributed by atoms with E-state index in [0.29, 0.717) is 17.6 Å². The molecule has 0 saturated carbocycles. The van der Waals surface area contributed by atoms with Crippen molar-refractivity contribution in [3.63, 3.8) is 0 Å². The molecule has 10 nitrogen and oxygen atoms in total. The number of rotatable bonds is 11.